The topological polar surface area (TPSA) is 42.0 Å². The maximum Gasteiger partial charge on any atom is 0.221 e. The molecule has 3 rings (SSSR count). The molecule has 1 amide bonds. The van der Waals surface area contributed by atoms with Gasteiger partial charge in [0.25, 0.3) is 0 Å². The van der Waals surface area contributed by atoms with Crippen molar-refractivity contribution in [2.75, 3.05) is 0 Å². The van der Waals surface area contributed by atoms with E-state index in [1.165, 1.54) is 9.75 Å². The van der Waals surface area contributed by atoms with Crippen molar-refractivity contribution in [1.29, 1.82) is 0 Å². The lowest BCUT2D eigenvalue weighted by atomic mass is 10.1. The summed E-state index contributed by atoms with van der Waals surface area (Å²) in [6.07, 6.45) is 4.73. The zero-order valence-corrected chi connectivity index (χ0v) is 13.6. The molecule has 5 heteroatoms. The number of hydrogen-bond acceptors (Lipinski definition) is 4. The predicted molar refractivity (Wildman–Crippen MR) is 91.2 cm³/mol. The van der Waals surface area contributed by atoms with Crippen molar-refractivity contribution >= 4 is 28.6 Å². The Morgan fingerprint density at radius 1 is 1.05 bits per heavy atom. The Bertz CT molecular complexity index is 659. The largest absolute Gasteiger partial charge is 0.344 e. The molecule has 3 aromatic heterocycles. The van der Waals surface area contributed by atoms with Crippen LogP contribution in [-0.2, 0) is 11.2 Å². The summed E-state index contributed by atoms with van der Waals surface area (Å²) in [5.74, 6) is 0.0728. The molecular formula is C17H16N2OS2. The predicted octanol–water partition coefficient (Wildman–Crippen LogP) is 4.04. The fraction of sp³-hybridized carbons (Fsp3) is 0.176. The van der Waals surface area contributed by atoms with Crippen LogP contribution in [0.4, 0.5) is 0 Å². The summed E-state index contributed by atoms with van der Waals surface area (Å²) in [7, 11) is 0. The molecular weight excluding hydrogens is 312 g/mol. The van der Waals surface area contributed by atoms with Gasteiger partial charge in [-0.2, -0.15) is 0 Å². The first-order valence-electron chi connectivity index (χ1n) is 7.08. The van der Waals surface area contributed by atoms with Gasteiger partial charge in [0.05, 0.1) is 6.04 Å². The minimum Gasteiger partial charge on any atom is -0.344 e. The third kappa shape index (κ3) is 3.81. The SMILES string of the molecule is O=C(CCc1ccncc1)NC(c1cccs1)c1cccs1. The van der Waals surface area contributed by atoms with Crippen LogP contribution in [0.2, 0.25) is 0 Å². The van der Waals surface area contributed by atoms with Gasteiger partial charge in [-0.3, -0.25) is 9.78 Å². The number of nitrogens with zero attached hydrogens (tertiary/aromatic N) is 1. The van der Waals surface area contributed by atoms with Gasteiger partial charge in [-0.05, 0) is 47.0 Å². The van der Waals surface area contributed by atoms with Crippen molar-refractivity contribution in [3.63, 3.8) is 0 Å². The quantitative estimate of drug-likeness (QED) is 0.742. The highest BCUT2D eigenvalue weighted by Crippen LogP contribution is 2.29. The second-order valence-corrected chi connectivity index (χ2v) is 6.85. The Balaban J connectivity index is 1.65. The molecule has 3 heterocycles. The van der Waals surface area contributed by atoms with Crippen molar-refractivity contribution in [1.82, 2.24) is 10.3 Å². The summed E-state index contributed by atoms with van der Waals surface area (Å²) in [6.45, 7) is 0. The summed E-state index contributed by atoms with van der Waals surface area (Å²) >= 11 is 3.34. The van der Waals surface area contributed by atoms with Crippen molar-refractivity contribution in [2.24, 2.45) is 0 Å². The molecule has 1 N–H and O–H groups in total. The lowest BCUT2D eigenvalue weighted by molar-refractivity contribution is -0.121. The molecule has 0 radical (unpaired) electrons. The van der Waals surface area contributed by atoms with E-state index in [2.05, 4.69) is 22.4 Å². The summed E-state index contributed by atoms with van der Waals surface area (Å²) in [6, 6.07) is 12.0. The van der Waals surface area contributed by atoms with Crippen LogP contribution < -0.4 is 5.32 Å². The molecule has 112 valence electrons. The van der Waals surface area contributed by atoms with E-state index in [4.69, 9.17) is 0 Å². The number of aromatic nitrogens is 1. The molecule has 22 heavy (non-hydrogen) atoms. The molecule has 3 aromatic rings. The minimum absolute atomic E-state index is 0.0371. The first kappa shape index (κ1) is 14.9. The third-order valence-electron chi connectivity index (χ3n) is 3.35. The molecule has 0 aliphatic heterocycles. The van der Waals surface area contributed by atoms with Crippen LogP contribution in [0.15, 0.2) is 59.6 Å². The van der Waals surface area contributed by atoms with Crippen molar-refractivity contribution in [3.05, 3.63) is 74.9 Å². The van der Waals surface area contributed by atoms with Crippen molar-refractivity contribution in [2.45, 2.75) is 18.9 Å². The average Bonchev–Trinajstić information content (AvgIpc) is 3.25. The number of carbonyl (C=O) groups excluding carboxylic acids is 1. The molecule has 0 aromatic carbocycles. The maximum absolute atomic E-state index is 12.3. The van der Waals surface area contributed by atoms with E-state index in [1.807, 2.05) is 35.0 Å². The number of thiophene rings is 2. The van der Waals surface area contributed by atoms with Crippen LogP contribution in [0.25, 0.3) is 0 Å². The molecule has 0 bridgehead atoms. The fourth-order valence-corrected chi connectivity index (χ4v) is 3.90. The van der Waals surface area contributed by atoms with Gasteiger partial charge in [0, 0.05) is 28.6 Å². The van der Waals surface area contributed by atoms with Gasteiger partial charge in [-0.15, -0.1) is 22.7 Å². The monoisotopic (exact) mass is 328 g/mol. The highest BCUT2D eigenvalue weighted by atomic mass is 32.1. The Labute approximate surface area is 137 Å². The zero-order valence-electron chi connectivity index (χ0n) is 11.9. The van der Waals surface area contributed by atoms with Gasteiger partial charge >= 0.3 is 0 Å². The number of rotatable bonds is 6. The molecule has 0 aliphatic carbocycles. The van der Waals surface area contributed by atoms with Gasteiger partial charge in [-0.25, -0.2) is 0 Å². The molecule has 0 fully saturated rings. The standard InChI is InChI=1S/C17H16N2OS2/c20-16(6-5-13-7-9-18-10-8-13)19-17(14-3-1-11-21-14)15-4-2-12-22-15/h1-4,7-12,17H,5-6H2,(H,19,20). The van der Waals surface area contributed by atoms with Gasteiger partial charge in [-0.1, -0.05) is 12.1 Å². The number of aryl methyl sites for hydroxylation is 1. The molecule has 0 spiro atoms. The van der Waals surface area contributed by atoms with Crippen molar-refractivity contribution in [3.8, 4) is 0 Å². The molecule has 0 atom stereocenters. The Hall–Kier alpha value is -1.98. The van der Waals surface area contributed by atoms with Crippen LogP contribution >= 0.6 is 22.7 Å². The number of nitrogens with one attached hydrogen (secondary N) is 1. The number of hydrogen-bond donors (Lipinski definition) is 1. The highest BCUT2D eigenvalue weighted by molar-refractivity contribution is 7.11. The van der Waals surface area contributed by atoms with Crippen LogP contribution in [0, 0.1) is 0 Å². The molecule has 3 nitrogen and oxygen atoms in total. The summed E-state index contributed by atoms with van der Waals surface area (Å²) < 4.78 is 0. The second kappa shape index (κ2) is 7.33. The molecule has 0 aliphatic rings. The summed E-state index contributed by atoms with van der Waals surface area (Å²) in [5.41, 5.74) is 1.13. The molecule has 0 saturated carbocycles. The average molecular weight is 328 g/mol. The van der Waals surface area contributed by atoms with E-state index in [0.717, 1.165) is 12.0 Å². The Kier molecular flexibility index (Phi) is 4.98. The normalized spacial score (nSPS) is 10.8. The van der Waals surface area contributed by atoms with E-state index in [-0.39, 0.29) is 11.9 Å². The second-order valence-electron chi connectivity index (χ2n) is 4.89. The van der Waals surface area contributed by atoms with Crippen LogP contribution in [0.5, 0.6) is 0 Å². The first-order chi connectivity index (χ1) is 10.8. The maximum atomic E-state index is 12.3. The van der Waals surface area contributed by atoms with Crippen LogP contribution in [-0.4, -0.2) is 10.9 Å². The summed E-state index contributed by atoms with van der Waals surface area (Å²) in [4.78, 5) is 18.6. The lowest BCUT2D eigenvalue weighted by Crippen LogP contribution is -2.28. The minimum atomic E-state index is -0.0371. The highest BCUT2D eigenvalue weighted by Gasteiger charge is 2.18. The number of carbonyl (C=O) groups is 1. The summed E-state index contributed by atoms with van der Waals surface area (Å²) in [5, 5.41) is 7.24. The zero-order chi connectivity index (χ0) is 15.2. The van der Waals surface area contributed by atoms with Gasteiger partial charge in [0.1, 0.15) is 0 Å². The Morgan fingerprint density at radius 3 is 2.23 bits per heavy atom. The number of amides is 1. The van der Waals surface area contributed by atoms with Gasteiger partial charge in [0.15, 0.2) is 0 Å². The fourth-order valence-electron chi connectivity index (χ4n) is 2.23. The first-order valence-corrected chi connectivity index (χ1v) is 8.84. The molecule has 0 saturated heterocycles. The van der Waals surface area contributed by atoms with E-state index in [9.17, 15) is 4.79 Å². The third-order valence-corrected chi connectivity index (χ3v) is 5.23. The van der Waals surface area contributed by atoms with Gasteiger partial charge < -0.3 is 5.32 Å². The van der Waals surface area contributed by atoms with E-state index < -0.39 is 0 Å². The number of pyridine rings is 1. The van der Waals surface area contributed by atoms with Gasteiger partial charge in [0.2, 0.25) is 5.91 Å². The lowest BCUT2D eigenvalue weighted by Gasteiger charge is -2.16. The van der Waals surface area contributed by atoms with Crippen LogP contribution in [0.3, 0.4) is 0 Å². The van der Waals surface area contributed by atoms with E-state index in [1.54, 1.807) is 35.1 Å². The molecule has 0 unspecified atom stereocenters. The Morgan fingerprint density at radius 2 is 1.68 bits per heavy atom. The van der Waals surface area contributed by atoms with Crippen molar-refractivity contribution < 1.29 is 4.79 Å². The smallest absolute Gasteiger partial charge is 0.221 e. The van der Waals surface area contributed by atoms with E-state index in [0.29, 0.717) is 6.42 Å². The van der Waals surface area contributed by atoms with E-state index >= 15 is 0 Å². The van der Waals surface area contributed by atoms with Crippen LogP contribution in [0.1, 0.15) is 27.8 Å².